The van der Waals surface area contributed by atoms with E-state index in [1.165, 1.54) is 0 Å². The maximum atomic E-state index is 12.5. The number of hydrogen-bond donors (Lipinski definition) is 1. The van der Waals surface area contributed by atoms with E-state index in [0.29, 0.717) is 19.4 Å². The first-order valence-corrected chi connectivity index (χ1v) is 8.43. The Labute approximate surface area is 137 Å². The summed E-state index contributed by atoms with van der Waals surface area (Å²) in [4.78, 5) is 14.3. The van der Waals surface area contributed by atoms with E-state index in [9.17, 15) is 9.90 Å². The average Bonchev–Trinajstić information content (AvgIpc) is 2.84. The Morgan fingerprint density at radius 2 is 1.96 bits per heavy atom. The molecule has 0 aromatic heterocycles. The van der Waals surface area contributed by atoms with Gasteiger partial charge in [0, 0.05) is 12.1 Å². The Balaban J connectivity index is 1.59. The molecular weight excluding hydrogens is 290 g/mol. The van der Waals surface area contributed by atoms with E-state index in [-0.39, 0.29) is 18.2 Å². The Kier molecular flexibility index (Phi) is 4.71. The van der Waals surface area contributed by atoms with Crippen molar-refractivity contribution in [3.05, 3.63) is 48.6 Å². The zero-order valence-corrected chi connectivity index (χ0v) is 13.5. The number of benzene rings is 1. The number of fused-ring (bicyclic) bond motifs is 2. The van der Waals surface area contributed by atoms with Crippen LogP contribution in [0.25, 0.3) is 0 Å². The Bertz CT molecular complexity index is 543. The highest BCUT2D eigenvalue weighted by Gasteiger charge is 2.49. The van der Waals surface area contributed by atoms with Gasteiger partial charge in [-0.1, -0.05) is 36.4 Å². The molecule has 0 saturated carbocycles. The number of aliphatic hydroxyl groups is 1. The van der Waals surface area contributed by atoms with E-state index in [1.54, 1.807) is 0 Å². The predicted octanol–water partition coefficient (Wildman–Crippen LogP) is 3.65. The molecule has 1 N–H and O–H groups in total. The third-order valence-corrected chi connectivity index (χ3v) is 5.08. The van der Waals surface area contributed by atoms with E-state index in [2.05, 4.69) is 6.58 Å². The summed E-state index contributed by atoms with van der Waals surface area (Å²) in [5.74, 6) is 0. The van der Waals surface area contributed by atoms with Gasteiger partial charge in [-0.15, -0.1) is 6.58 Å². The summed E-state index contributed by atoms with van der Waals surface area (Å²) in [7, 11) is 0. The highest BCUT2D eigenvalue weighted by Crippen LogP contribution is 2.43. The smallest absolute Gasteiger partial charge is 0.410 e. The monoisotopic (exact) mass is 315 g/mol. The molecule has 1 aromatic rings. The molecule has 0 spiro atoms. The second-order valence-corrected chi connectivity index (χ2v) is 6.79. The Hall–Kier alpha value is -1.81. The Morgan fingerprint density at radius 1 is 1.30 bits per heavy atom. The minimum absolute atomic E-state index is 0.104. The first-order chi connectivity index (χ1) is 11.1. The van der Waals surface area contributed by atoms with E-state index in [4.69, 9.17) is 4.74 Å². The van der Waals surface area contributed by atoms with Crippen LogP contribution in [-0.2, 0) is 11.3 Å². The second kappa shape index (κ2) is 6.75. The largest absolute Gasteiger partial charge is 0.445 e. The maximum absolute atomic E-state index is 12.5. The molecule has 2 aliphatic heterocycles. The lowest BCUT2D eigenvalue weighted by molar-refractivity contribution is -0.0534. The summed E-state index contributed by atoms with van der Waals surface area (Å²) in [5, 5.41) is 10.8. The highest BCUT2D eigenvalue weighted by molar-refractivity contribution is 5.69. The topological polar surface area (TPSA) is 49.8 Å². The van der Waals surface area contributed by atoms with Crippen molar-refractivity contribution < 1.29 is 14.6 Å². The number of allylic oxidation sites excluding steroid dienone is 1. The van der Waals surface area contributed by atoms with Crippen molar-refractivity contribution in [3.8, 4) is 0 Å². The molecule has 3 rings (SSSR count). The van der Waals surface area contributed by atoms with Crippen LogP contribution in [0.15, 0.2) is 43.0 Å². The number of rotatable bonds is 5. The number of piperidine rings is 1. The van der Waals surface area contributed by atoms with Crippen molar-refractivity contribution in [2.75, 3.05) is 0 Å². The summed E-state index contributed by atoms with van der Waals surface area (Å²) < 4.78 is 5.49. The molecule has 0 aliphatic carbocycles. The van der Waals surface area contributed by atoms with Crippen molar-refractivity contribution in [1.82, 2.24) is 4.90 Å². The van der Waals surface area contributed by atoms with E-state index in [1.807, 2.05) is 41.3 Å². The molecule has 0 radical (unpaired) electrons. The first kappa shape index (κ1) is 16.1. The molecule has 2 saturated heterocycles. The maximum Gasteiger partial charge on any atom is 0.410 e. The van der Waals surface area contributed by atoms with Gasteiger partial charge in [0.1, 0.15) is 6.61 Å². The van der Waals surface area contributed by atoms with Gasteiger partial charge in [0.15, 0.2) is 0 Å². The van der Waals surface area contributed by atoms with Crippen molar-refractivity contribution >= 4 is 6.09 Å². The van der Waals surface area contributed by atoms with Crippen molar-refractivity contribution in [1.29, 1.82) is 0 Å². The lowest BCUT2D eigenvalue weighted by Gasteiger charge is -2.43. The van der Waals surface area contributed by atoms with Gasteiger partial charge in [-0.25, -0.2) is 4.79 Å². The molecule has 23 heavy (non-hydrogen) atoms. The number of hydrogen-bond acceptors (Lipinski definition) is 3. The molecule has 4 nitrogen and oxygen atoms in total. The van der Waals surface area contributed by atoms with Crippen LogP contribution in [0.1, 0.15) is 44.1 Å². The molecule has 2 atom stereocenters. The summed E-state index contributed by atoms with van der Waals surface area (Å²) in [6.45, 7) is 4.03. The van der Waals surface area contributed by atoms with Crippen molar-refractivity contribution in [3.63, 3.8) is 0 Å². The van der Waals surface area contributed by atoms with Crippen LogP contribution in [0.4, 0.5) is 4.79 Å². The van der Waals surface area contributed by atoms with Crippen LogP contribution in [0.5, 0.6) is 0 Å². The van der Waals surface area contributed by atoms with Crippen LogP contribution in [0, 0.1) is 0 Å². The fraction of sp³-hybridized carbons (Fsp3) is 0.526. The van der Waals surface area contributed by atoms with Crippen LogP contribution in [0.3, 0.4) is 0 Å². The number of nitrogens with zero attached hydrogens (tertiary/aromatic N) is 1. The van der Waals surface area contributed by atoms with Gasteiger partial charge in [0.05, 0.1) is 5.60 Å². The molecule has 2 unspecified atom stereocenters. The molecule has 2 bridgehead atoms. The van der Waals surface area contributed by atoms with Gasteiger partial charge in [0.2, 0.25) is 0 Å². The molecule has 2 heterocycles. The molecule has 4 heteroatoms. The number of carbonyl (C=O) groups is 1. The SMILES string of the molecule is C=CCCC1(O)CC2CCC(C1)N2C(=O)OCc1ccccc1. The van der Waals surface area contributed by atoms with Crippen molar-refractivity contribution in [2.45, 2.75) is 62.8 Å². The summed E-state index contributed by atoms with van der Waals surface area (Å²) in [5.41, 5.74) is 0.337. The molecule has 124 valence electrons. The van der Waals surface area contributed by atoms with Crippen molar-refractivity contribution in [2.24, 2.45) is 0 Å². The van der Waals surface area contributed by atoms with E-state index < -0.39 is 5.60 Å². The fourth-order valence-electron chi connectivity index (χ4n) is 3.99. The number of ether oxygens (including phenoxy) is 1. The van der Waals surface area contributed by atoms with Gasteiger partial charge in [-0.05, 0) is 44.1 Å². The van der Waals surface area contributed by atoms with Crippen LogP contribution < -0.4 is 0 Å². The Morgan fingerprint density at radius 3 is 2.57 bits per heavy atom. The van der Waals surface area contributed by atoms with E-state index in [0.717, 1.165) is 31.2 Å². The van der Waals surface area contributed by atoms with E-state index >= 15 is 0 Å². The molecule has 2 aliphatic rings. The lowest BCUT2D eigenvalue weighted by Crippen LogP contribution is -2.53. The lowest BCUT2D eigenvalue weighted by atomic mass is 9.83. The van der Waals surface area contributed by atoms with Gasteiger partial charge in [-0.3, -0.25) is 0 Å². The predicted molar refractivity (Wildman–Crippen MR) is 88.9 cm³/mol. The third kappa shape index (κ3) is 3.58. The number of amides is 1. The van der Waals surface area contributed by atoms with Gasteiger partial charge < -0.3 is 14.7 Å². The first-order valence-electron chi connectivity index (χ1n) is 8.43. The fourth-order valence-corrected chi connectivity index (χ4v) is 3.99. The minimum Gasteiger partial charge on any atom is -0.445 e. The third-order valence-electron chi connectivity index (χ3n) is 5.08. The molecular formula is C19H25NO3. The molecule has 2 fully saturated rings. The van der Waals surface area contributed by atoms with Crippen LogP contribution in [0.2, 0.25) is 0 Å². The summed E-state index contributed by atoms with van der Waals surface area (Å²) >= 11 is 0. The molecule has 1 amide bonds. The second-order valence-electron chi connectivity index (χ2n) is 6.79. The average molecular weight is 315 g/mol. The van der Waals surface area contributed by atoms with Gasteiger partial charge in [0.25, 0.3) is 0 Å². The van der Waals surface area contributed by atoms with Crippen LogP contribution >= 0.6 is 0 Å². The summed E-state index contributed by atoms with van der Waals surface area (Å²) in [6, 6.07) is 9.93. The van der Waals surface area contributed by atoms with Gasteiger partial charge >= 0.3 is 6.09 Å². The quantitative estimate of drug-likeness (QED) is 0.844. The summed E-state index contributed by atoms with van der Waals surface area (Å²) in [6.07, 6.45) is 6.37. The van der Waals surface area contributed by atoms with Gasteiger partial charge in [-0.2, -0.15) is 0 Å². The zero-order chi connectivity index (χ0) is 16.3. The highest BCUT2D eigenvalue weighted by atomic mass is 16.6. The minimum atomic E-state index is -0.657. The standard InChI is InChI=1S/C19H25NO3/c1-2-3-11-19(22)12-16-9-10-17(13-19)20(16)18(21)23-14-15-7-5-4-6-8-15/h2,4-8,16-17,22H,1,3,9-14H2. The zero-order valence-electron chi connectivity index (χ0n) is 13.5. The normalized spacial score (nSPS) is 29.3. The molecule has 1 aromatic carbocycles. The number of carbonyl (C=O) groups excluding carboxylic acids is 1. The van der Waals surface area contributed by atoms with Crippen LogP contribution in [-0.4, -0.2) is 33.8 Å².